The Kier molecular flexibility index (Phi) is 11.2. The van der Waals surface area contributed by atoms with Crippen molar-refractivity contribution in [1.82, 2.24) is 29.2 Å². The van der Waals surface area contributed by atoms with Gasteiger partial charge in [0, 0.05) is 41.3 Å². The number of hydrogen-bond donors (Lipinski definition) is 0. The molecule has 2 aliphatic rings. The lowest BCUT2D eigenvalue weighted by molar-refractivity contribution is 0.0968. The number of aryl methyl sites for hydroxylation is 2. The molecule has 2 fully saturated rings. The molecular formula is C44H49ClN6O2. The number of carbonyl (C=O) groups excluding carboxylic acids is 2. The third-order valence-electron chi connectivity index (χ3n) is 10.3. The zero-order valence-corrected chi connectivity index (χ0v) is 32.0. The smallest absolute Gasteiger partial charge is 0.163 e. The molecule has 4 aromatic heterocycles. The fourth-order valence-electron chi connectivity index (χ4n) is 6.66. The Balaban J connectivity index is 0.000000164. The highest BCUT2D eigenvalue weighted by Gasteiger charge is 2.26. The SMILES string of the molecule is CC(C)CCc1cc(Cl)nn2c(-c3ccc(C(=O)CC4CC4)cc3)cnc12.CC(C)CCc1ccnn2c(-c3ccc(C(=O)CC4CC4)cc3)cnc12. The zero-order chi connectivity index (χ0) is 37.1. The molecule has 0 amide bonds. The lowest BCUT2D eigenvalue weighted by Gasteiger charge is -2.08. The number of fused-ring (bicyclic) bond motifs is 2. The number of ketones is 2. The molecule has 9 heteroatoms. The van der Waals surface area contributed by atoms with Crippen molar-refractivity contribution in [1.29, 1.82) is 0 Å². The van der Waals surface area contributed by atoms with E-state index in [4.69, 9.17) is 11.6 Å². The van der Waals surface area contributed by atoms with Crippen LogP contribution in [0.25, 0.3) is 33.8 Å². The van der Waals surface area contributed by atoms with E-state index in [2.05, 4.69) is 53.9 Å². The second-order valence-electron chi connectivity index (χ2n) is 15.8. The van der Waals surface area contributed by atoms with Crippen LogP contribution < -0.4 is 0 Å². The highest BCUT2D eigenvalue weighted by molar-refractivity contribution is 6.29. The minimum absolute atomic E-state index is 0.235. The molecule has 274 valence electrons. The Morgan fingerprint density at radius 2 is 1.15 bits per heavy atom. The number of nitrogens with zero attached hydrogens (tertiary/aromatic N) is 6. The van der Waals surface area contributed by atoms with Crippen LogP contribution in [0, 0.1) is 23.7 Å². The number of rotatable bonds is 14. The van der Waals surface area contributed by atoms with Gasteiger partial charge in [-0.2, -0.15) is 10.2 Å². The summed E-state index contributed by atoms with van der Waals surface area (Å²) in [7, 11) is 0. The van der Waals surface area contributed by atoms with Crippen LogP contribution >= 0.6 is 11.6 Å². The Morgan fingerprint density at radius 3 is 1.64 bits per heavy atom. The largest absolute Gasteiger partial charge is 0.294 e. The van der Waals surface area contributed by atoms with Crippen molar-refractivity contribution < 1.29 is 9.59 Å². The van der Waals surface area contributed by atoms with Crippen molar-refractivity contribution in [2.24, 2.45) is 23.7 Å². The molecule has 0 N–H and O–H groups in total. The third kappa shape index (κ3) is 9.10. The minimum Gasteiger partial charge on any atom is -0.294 e. The normalized spacial score (nSPS) is 14.2. The van der Waals surface area contributed by atoms with E-state index in [9.17, 15) is 9.59 Å². The van der Waals surface area contributed by atoms with Gasteiger partial charge in [-0.3, -0.25) is 9.59 Å². The molecule has 0 bridgehead atoms. The van der Waals surface area contributed by atoms with Crippen LogP contribution in [0.4, 0.5) is 0 Å². The summed E-state index contributed by atoms with van der Waals surface area (Å²) >= 11 is 6.27. The van der Waals surface area contributed by atoms with E-state index >= 15 is 0 Å². The van der Waals surface area contributed by atoms with E-state index < -0.39 is 0 Å². The van der Waals surface area contributed by atoms with E-state index in [-0.39, 0.29) is 11.6 Å². The molecule has 2 aromatic carbocycles. The van der Waals surface area contributed by atoms with E-state index in [1.54, 1.807) is 0 Å². The lowest BCUT2D eigenvalue weighted by Crippen LogP contribution is -2.02. The van der Waals surface area contributed by atoms with Gasteiger partial charge in [0.05, 0.1) is 23.8 Å². The molecule has 0 spiro atoms. The maximum Gasteiger partial charge on any atom is 0.163 e. The number of benzene rings is 2. The second-order valence-corrected chi connectivity index (χ2v) is 16.2. The molecule has 0 atom stereocenters. The van der Waals surface area contributed by atoms with E-state index in [1.165, 1.54) is 31.2 Å². The van der Waals surface area contributed by atoms with Gasteiger partial charge in [0.2, 0.25) is 0 Å². The zero-order valence-electron chi connectivity index (χ0n) is 31.3. The van der Waals surface area contributed by atoms with Gasteiger partial charge in [0.1, 0.15) is 5.15 Å². The topological polar surface area (TPSA) is 94.5 Å². The van der Waals surface area contributed by atoms with Gasteiger partial charge in [-0.1, -0.05) is 87.8 Å². The van der Waals surface area contributed by atoms with Crippen molar-refractivity contribution in [3.63, 3.8) is 0 Å². The number of carbonyl (C=O) groups is 2. The first kappa shape index (κ1) is 36.7. The van der Waals surface area contributed by atoms with Gasteiger partial charge in [-0.15, -0.1) is 0 Å². The van der Waals surface area contributed by atoms with E-state index in [1.807, 2.05) is 82.2 Å². The van der Waals surface area contributed by atoms with Gasteiger partial charge in [-0.25, -0.2) is 19.0 Å². The molecule has 8 rings (SSSR count). The molecule has 0 aliphatic heterocycles. The van der Waals surface area contributed by atoms with Gasteiger partial charge < -0.3 is 0 Å². The summed E-state index contributed by atoms with van der Waals surface area (Å²) in [6.45, 7) is 8.90. The molecule has 2 aliphatic carbocycles. The van der Waals surface area contributed by atoms with E-state index in [0.717, 1.165) is 76.2 Å². The minimum atomic E-state index is 0.235. The Hall–Kier alpha value is -4.69. The molecule has 4 heterocycles. The Labute approximate surface area is 317 Å². The number of hydrogen-bond acceptors (Lipinski definition) is 6. The van der Waals surface area contributed by atoms with E-state index in [0.29, 0.717) is 41.7 Å². The van der Waals surface area contributed by atoms with Crippen molar-refractivity contribution in [2.75, 3.05) is 0 Å². The van der Waals surface area contributed by atoms with Crippen LogP contribution in [0.2, 0.25) is 5.15 Å². The predicted octanol–water partition coefficient (Wildman–Crippen LogP) is 10.6. The van der Waals surface area contributed by atoms with Gasteiger partial charge >= 0.3 is 0 Å². The summed E-state index contributed by atoms with van der Waals surface area (Å²) in [5.41, 5.74) is 9.59. The third-order valence-corrected chi connectivity index (χ3v) is 10.5. The first-order valence-electron chi connectivity index (χ1n) is 19.2. The van der Waals surface area contributed by atoms with Crippen molar-refractivity contribution in [3.8, 4) is 22.5 Å². The fraction of sp³-hybridized carbons (Fsp3) is 0.409. The highest BCUT2D eigenvalue weighted by atomic mass is 35.5. The van der Waals surface area contributed by atoms with Crippen LogP contribution in [0.5, 0.6) is 0 Å². The lowest BCUT2D eigenvalue weighted by atomic mass is 10.0. The molecule has 8 nitrogen and oxygen atoms in total. The molecule has 0 radical (unpaired) electrons. The summed E-state index contributed by atoms with van der Waals surface area (Å²) in [4.78, 5) is 33.7. The molecular weight excluding hydrogens is 680 g/mol. The van der Waals surface area contributed by atoms with Crippen LogP contribution in [0.15, 0.2) is 79.3 Å². The van der Waals surface area contributed by atoms with Crippen LogP contribution in [0.3, 0.4) is 0 Å². The monoisotopic (exact) mass is 728 g/mol. The standard InChI is InChI=1S/C22H24ClN3O.C22H25N3O/c1-14(2)3-6-18-12-21(23)25-26-19(13-24-22(18)26)16-7-9-17(10-8-16)20(27)11-15-4-5-15;1-15(2)3-6-19-11-12-24-25-20(14-23-22(19)25)17-7-9-18(10-8-17)21(26)13-16-4-5-16/h7-10,12-15H,3-6,11H2,1-2H3;7-12,14-16H,3-6,13H2,1-2H3. The maximum absolute atomic E-state index is 12.3. The molecule has 6 aromatic rings. The molecule has 0 unspecified atom stereocenters. The first-order chi connectivity index (χ1) is 25.6. The summed E-state index contributed by atoms with van der Waals surface area (Å²) in [5.74, 6) is 3.00. The predicted molar refractivity (Wildman–Crippen MR) is 212 cm³/mol. The second kappa shape index (κ2) is 16.1. The summed E-state index contributed by atoms with van der Waals surface area (Å²) in [5, 5.41) is 9.42. The molecule has 2 saturated carbocycles. The quantitative estimate of drug-likeness (QED) is 0.104. The van der Waals surface area contributed by atoms with Crippen LogP contribution in [0.1, 0.15) is 111 Å². The van der Waals surface area contributed by atoms with Crippen LogP contribution in [-0.2, 0) is 12.8 Å². The first-order valence-corrected chi connectivity index (χ1v) is 19.6. The van der Waals surface area contributed by atoms with Crippen molar-refractivity contribution in [3.05, 3.63) is 107 Å². The molecule has 53 heavy (non-hydrogen) atoms. The van der Waals surface area contributed by atoms with Gasteiger partial charge in [0.25, 0.3) is 0 Å². The maximum atomic E-state index is 12.3. The average Bonchev–Trinajstić information content (AvgIpc) is 4.07. The van der Waals surface area contributed by atoms with Crippen LogP contribution in [-0.4, -0.2) is 40.8 Å². The Morgan fingerprint density at radius 1 is 0.679 bits per heavy atom. The number of Topliss-reactive ketones (excluding diaryl/α,β-unsaturated/α-hetero) is 2. The summed E-state index contributed by atoms with van der Waals surface area (Å²) < 4.78 is 3.73. The average molecular weight is 729 g/mol. The number of imidazole rings is 2. The highest BCUT2D eigenvalue weighted by Crippen LogP contribution is 2.35. The number of aromatic nitrogens is 6. The van der Waals surface area contributed by atoms with Crippen molar-refractivity contribution >= 4 is 34.5 Å². The van der Waals surface area contributed by atoms with Crippen molar-refractivity contribution in [2.45, 2.75) is 91.9 Å². The van der Waals surface area contributed by atoms with Gasteiger partial charge in [-0.05, 0) is 98.3 Å². The number of halogens is 1. The summed E-state index contributed by atoms with van der Waals surface area (Å²) in [6, 6.07) is 19.6. The molecule has 0 saturated heterocycles. The summed E-state index contributed by atoms with van der Waals surface area (Å²) in [6.07, 6.45) is 15.9. The van der Waals surface area contributed by atoms with Gasteiger partial charge in [0.15, 0.2) is 22.9 Å². The fourth-order valence-corrected chi connectivity index (χ4v) is 6.87. The Bertz CT molecular complexity index is 2210.